The zero-order valence-corrected chi connectivity index (χ0v) is 24.8. The lowest BCUT2D eigenvalue weighted by atomic mass is 9.91. The van der Waals surface area contributed by atoms with Crippen LogP contribution in [0.4, 0.5) is 0 Å². The van der Waals surface area contributed by atoms with Gasteiger partial charge in [0.15, 0.2) is 0 Å². The molecule has 0 atom stereocenters. The molecule has 46 heavy (non-hydrogen) atoms. The first-order valence-electron chi connectivity index (χ1n) is 15.6. The van der Waals surface area contributed by atoms with Gasteiger partial charge in [-0.3, -0.25) is 0 Å². The Morgan fingerprint density at radius 3 is 1.98 bits per heavy atom. The molecule has 0 fully saturated rings. The summed E-state index contributed by atoms with van der Waals surface area (Å²) < 4.78 is 9.15. The van der Waals surface area contributed by atoms with E-state index in [9.17, 15) is 0 Å². The Hall–Kier alpha value is -6.19. The van der Waals surface area contributed by atoms with E-state index in [0.29, 0.717) is 0 Å². The summed E-state index contributed by atoms with van der Waals surface area (Å²) in [7, 11) is 0. The molecule has 10 rings (SSSR count). The first-order chi connectivity index (χ1) is 22.8. The van der Waals surface area contributed by atoms with Crippen molar-refractivity contribution in [2.45, 2.75) is 0 Å². The molecule has 3 aromatic heterocycles. The van der Waals surface area contributed by atoms with Gasteiger partial charge in [-0.15, -0.1) is 0 Å². The molecule has 0 unspecified atom stereocenters. The summed E-state index contributed by atoms with van der Waals surface area (Å²) in [5, 5.41) is 8.10. The number of hydrogen-bond donors (Lipinski definition) is 0. The molecule has 0 aliphatic rings. The number of rotatable bonds is 3. The maximum absolute atomic E-state index is 6.79. The number of nitrogens with zero attached hydrogens (tertiary/aromatic N) is 2. The van der Waals surface area contributed by atoms with Gasteiger partial charge in [0.2, 0.25) is 0 Å². The maximum atomic E-state index is 6.79. The molecule has 0 saturated carbocycles. The first-order valence-corrected chi connectivity index (χ1v) is 15.6. The fourth-order valence-corrected chi connectivity index (χ4v) is 7.36. The van der Waals surface area contributed by atoms with Crippen molar-refractivity contribution in [3.63, 3.8) is 0 Å². The van der Waals surface area contributed by atoms with E-state index >= 15 is 0 Å². The SMILES string of the molecule is c1ccc(-c2nc3ccccc3c3c2cc(-c2ccc4c(c2)c2ccccc2n4-c2ccccc2)c2oc4ccccc4c23)cc1. The predicted octanol–water partition coefficient (Wildman–Crippen LogP) is 11.7. The molecular weight excluding hydrogens is 560 g/mol. The monoisotopic (exact) mass is 586 g/mol. The summed E-state index contributed by atoms with van der Waals surface area (Å²) >= 11 is 0. The van der Waals surface area contributed by atoms with Gasteiger partial charge < -0.3 is 8.98 Å². The molecule has 3 heterocycles. The smallest absolute Gasteiger partial charge is 0.143 e. The van der Waals surface area contributed by atoms with Gasteiger partial charge in [-0.25, -0.2) is 4.98 Å². The average molecular weight is 587 g/mol. The second-order valence-electron chi connectivity index (χ2n) is 11.9. The molecule has 214 valence electrons. The van der Waals surface area contributed by atoms with Gasteiger partial charge in [0.25, 0.3) is 0 Å². The molecule has 0 spiro atoms. The summed E-state index contributed by atoms with van der Waals surface area (Å²) in [5.74, 6) is 0. The Balaban J connectivity index is 1.36. The van der Waals surface area contributed by atoms with Crippen molar-refractivity contribution in [2.75, 3.05) is 0 Å². The van der Waals surface area contributed by atoms with Gasteiger partial charge in [-0.1, -0.05) is 109 Å². The highest BCUT2D eigenvalue weighted by Crippen LogP contribution is 2.46. The third-order valence-electron chi connectivity index (χ3n) is 9.35. The molecule has 0 radical (unpaired) electrons. The number of aromatic nitrogens is 2. The fraction of sp³-hybridized carbons (Fsp3) is 0. The Morgan fingerprint density at radius 2 is 1.13 bits per heavy atom. The van der Waals surface area contributed by atoms with Gasteiger partial charge >= 0.3 is 0 Å². The Kier molecular flexibility index (Phi) is 5.28. The molecule has 0 N–H and O–H groups in total. The third-order valence-corrected chi connectivity index (χ3v) is 9.35. The van der Waals surface area contributed by atoms with Crippen LogP contribution in [-0.4, -0.2) is 9.55 Å². The van der Waals surface area contributed by atoms with Crippen LogP contribution in [0.5, 0.6) is 0 Å². The largest absolute Gasteiger partial charge is 0.455 e. The van der Waals surface area contributed by atoms with E-state index in [2.05, 4.69) is 156 Å². The van der Waals surface area contributed by atoms with Gasteiger partial charge in [-0.05, 0) is 54.1 Å². The molecule has 0 aliphatic carbocycles. The van der Waals surface area contributed by atoms with Crippen molar-refractivity contribution in [2.24, 2.45) is 0 Å². The van der Waals surface area contributed by atoms with E-state index in [0.717, 1.165) is 66.3 Å². The Labute approximate surface area is 264 Å². The van der Waals surface area contributed by atoms with Crippen LogP contribution in [-0.2, 0) is 0 Å². The standard InChI is InChI=1S/C43H26N2O/c1-3-13-27(14-4-1)42-35-26-33(43-41(32-19-9-12-22-39(32)46-43)40(35)31-18-7-10-20-36(31)44-42)28-23-24-38-34(25-28)30-17-8-11-21-37(30)45(38)29-15-5-2-6-16-29/h1-26H. The van der Waals surface area contributed by atoms with E-state index in [-0.39, 0.29) is 0 Å². The molecule has 0 bridgehead atoms. The number of pyridine rings is 1. The van der Waals surface area contributed by atoms with Gasteiger partial charge in [0.05, 0.1) is 22.2 Å². The van der Waals surface area contributed by atoms with Crippen molar-refractivity contribution >= 4 is 65.4 Å². The van der Waals surface area contributed by atoms with Crippen molar-refractivity contribution in [3.05, 3.63) is 158 Å². The molecular formula is C43H26N2O. The van der Waals surface area contributed by atoms with Crippen LogP contribution in [0, 0.1) is 0 Å². The Morgan fingerprint density at radius 1 is 0.457 bits per heavy atom. The molecule has 0 saturated heterocycles. The minimum Gasteiger partial charge on any atom is -0.455 e. The van der Waals surface area contributed by atoms with E-state index in [1.54, 1.807) is 0 Å². The van der Waals surface area contributed by atoms with E-state index < -0.39 is 0 Å². The van der Waals surface area contributed by atoms with E-state index in [4.69, 9.17) is 9.40 Å². The number of benzene rings is 7. The van der Waals surface area contributed by atoms with Crippen molar-refractivity contribution < 1.29 is 4.42 Å². The second kappa shape index (κ2) is 9.65. The van der Waals surface area contributed by atoms with Gasteiger partial charge in [0, 0.05) is 54.5 Å². The lowest BCUT2D eigenvalue weighted by molar-refractivity contribution is 0.670. The molecule has 0 aliphatic heterocycles. The number of hydrogen-bond acceptors (Lipinski definition) is 2. The average Bonchev–Trinajstić information content (AvgIpc) is 3.68. The van der Waals surface area contributed by atoms with Crippen LogP contribution < -0.4 is 0 Å². The van der Waals surface area contributed by atoms with Crippen LogP contribution in [0.2, 0.25) is 0 Å². The fourth-order valence-electron chi connectivity index (χ4n) is 7.36. The maximum Gasteiger partial charge on any atom is 0.143 e. The summed E-state index contributed by atoms with van der Waals surface area (Å²) in [4.78, 5) is 5.27. The molecule has 7 aromatic carbocycles. The van der Waals surface area contributed by atoms with Crippen molar-refractivity contribution in [1.82, 2.24) is 9.55 Å². The highest BCUT2D eigenvalue weighted by molar-refractivity contribution is 6.30. The van der Waals surface area contributed by atoms with E-state index in [1.807, 2.05) is 6.07 Å². The lowest BCUT2D eigenvalue weighted by Gasteiger charge is -2.14. The van der Waals surface area contributed by atoms with Crippen LogP contribution in [0.15, 0.2) is 162 Å². The highest BCUT2D eigenvalue weighted by Gasteiger charge is 2.22. The minimum absolute atomic E-state index is 0.884. The molecule has 10 aromatic rings. The first kappa shape index (κ1) is 25.2. The number of furan rings is 1. The normalized spacial score (nSPS) is 11.9. The number of fused-ring (bicyclic) bond motifs is 10. The summed E-state index contributed by atoms with van der Waals surface area (Å²) in [6.07, 6.45) is 0. The van der Waals surface area contributed by atoms with Crippen LogP contribution in [0.3, 0.4) is 0 Å². The van der Waals surface area contributed by atoms with Crippen LogP contribution in [0.25, 0.3) is 93.5 Å². The second-order valence-corrected chi connectivity index (χ2v) is 11.9. The topological polar surface area (TPSA) is 31.0 Å². The van der Waals surface area contributed by atoms with Gasteiger partial charge in [-0.2, -0.15) is 0 Å². The van der Waals surface area contributed by atoms with Crippen LogP contribution >= 0.6 is 0 Å². The quantitative estimate of drug-likeness (QED) is 0.193. The zero-order chi connectivity index (χ0) is 30.2. The highest BCUT2D eigenvalue weighted by atomic mass is 16.3. The number of para-hydroxylation sites is 4. The van der Waals surface area contributed by atoms with Crippen LogP contribution in [0.1, 0.15) is 0 Å². The zero-order valence-electron chi connectivity index (χ0n) is 24.8. The Bertz CT molecular complexity index is 2790. The van der Waals surface area contributed by atoms with E-state index in [1.165, 1.54) is 27.2 Å². The lowest BCUT2D eigenvalue weighted by Crippen LogP contribution is -1.93. The molecule has 3 heteroatoms. The summed E-state index contributed by atoms with van der Waals surface area (Å²) in [5.41, 5.74) is 10.5. The molecule has 3 nitrogen and oxygen atoms in total. The summed E-state index contributed by atoms with van der Waals surface area (Å²) in [6, 6.07) is 55.8. The minimum atomic E-state index is 0.884. The van der Waals surface area contributed by atoms with Gasteiger partial charge in [0.1, 0.15) is 11.2 Å². The van der Waals surface area contributed by atoms with Crippen molar-refractivity contribution in [1.29, 1.82) is 0 Å². The third kappa shape index (κ3) is 3.57. The molecule has 0 amide bonds. The van der Waals surface area contributed by atoms with Crippen molar-refractivity contribution in [3.8, 4) is 28.1 Å². The summed E-state index contributed by atoms with van der Waals surface area (Å²) in [6.45, 7) is 0. The predicted molar refractivity (Wildman–Crippen MR) is 192 cm³/mol.